The number of nitriles is 1. The van der Waals surface area contributed by atoms with Gasteiger partial charge in [0, 0.05) is 17.7 Å². The minimum atomic E-state index is -0.526. The molecule has 0 saturated heterocycles. The van der Waals surface area contributed by atoms with E-state index in [0.29, 0.717) is 33.5 Å². The molecule has 2 aromatic rings. The van der Waals surface area contributed by atoms with E-state index in [9.17, 15) is 14.9 Å². The highest BCUT2D eigenvalue weighted by Gasteiger charge is 2.45. The highest BCUT2D eigenvalue weighted by Crippen LogP contribution is 2.50. The van der Waals surface area contributed by atoms with Crippen molar-refractivity contribution in [3.05, 3.63) is 58.1 Å². The van der Waals surface area contributed by atoms with E-state index < -0.39 is 11.8 Å². The molecule has 2 aliphatic rings. The smallest absolute Gasteiger partial charge is 0.227 e. The van der Waals surface area contributed by atoms with Crippen molar-refractivity contribution < 1.29 is 9.59 Å². The molecule has 0 fully saturated rings. The zero-order chi connectivity index (χ0) is 23.9. The average molecular weight is 481 g/mol. The second kappa shape index (κ2) is 8.65. The number of nitrogens with two attached hydrogens (primary N) is 2. The van der Waals surface area contributed by atoms with Crippen molar-refractivity contribution in [2.75, 3.05) is 10.7 Å². The molecule has 2 heterocycles. The third kappa shape index (κ3) is 4.38. The molecule has 0 spiro atoms. The van der Waals surface area contributed by atoms with E-state index in [-0.39, 0.29) is 22.8 Å². The van der Waals surface area contributed by atoms with Gasteiger partial charge in [-0.3, -0.25) is 14.5 Å². The van der Waals surface area contributed by atoms with Crippen LogP contribution in [0.4, 0.5) is 5.13 Å². The Balaban J connectivity index is 1.88. The number of hydrogen-bond acceptors (Lipinski definition) is 9. The van der Waals surface area contributed by atoms with Crippen LogP contribution in [0.1, 0.15) is 43.7 Å². The maximum Gasteiger partial charge on any atom is 0.227 e. The summed E-state index contributed by atoms with van der Waals surface area (Å²) in [7, 11) is 0. The largest absolute Gasteiger partial charge is 0.384 e. The molecule has 0 radical (unpaired) electrons. The fourth-order valence-corrected chi connectivity index (χ4v) is 5.92. The first-order valence-corrected chi connectivity index (χ1v) is 12.2. The van der Waals surface area contributed by atoms with Gasteiger partial charge in [0.1, 0.15) is 5.82 Å². The van der Waals surface area contributed by atoms with Crippen molar-refractivity contribution in [2.45, 2.75) is 43.9 Å². The minimum Gasteiger partial charge on any atom is -0.384 e. The second-order valence-electron chi connectivity index (χ2n) is 9.00. The van der Waals surface area contributed by atoms with Crippen LogP contribution in [0.25, 0.3) is 0 Å². The maximum absolute atomic E-state index is 13.5. The molecule has 33 heavy (non-hydrogen) atoms. The van der Waals surface area contributed by atoms with Crippen LogP contribution in [0.15, 0.2) is 51.3 Å². The summed E-state index contributed by atoms with van der Waals surface area (Å²) < 4.78 is 0.555. The van der Waals surface area contributed by atoms with Gasteiger partial charge in [-0.15, -0.1) is 10.2 Å². The molecular weight excluding hydrogens is 456 g/mol. The molecule has 1 unspecified atom stereocenters. The fourth-order valence-electron chi connectivity index (χ4n) is 4.30. The van der Waals surface area contributed by atoms with Crippen LogP contribution in [-0.2, 0) is 9.59 Å². The molecule has 0 bridgehead atoms. The Morgan fingerprint density at radius 2 is 2.00 bits per heavy atom. The fraction of sp³-hybridized carbons (Fsp3) is 0.348. The van der Waals surface area contributed by atoms with Gasteiger partial charge in [-0.25, -0.2) is 0 Å². The van der Waals surface area contributed by atoms with E-state index in [1.54, 1.807) is 4.90 Å². The molecule has 1 atom stereocenters. The zero-order valence-corrected chi connectivity index (χ0v) is 20.2. The van der Waals surface area contributed by atoms with Crippen molar-refractivity contribution in [3.63, 3.8) is 0 Å². The Bertz CT molecular complexity index is 1240. The second-order valence-corrected chi connectivity index (χ2v) is 11.2. The Kier molecular flexibility index (Phi) is 6.03. The van der Waals surface area contributed by atoms with Gasteiger partial charge >= 0.3 is 0 Å². The number of rotatable bonds is 5. The summed E-state index contributed by atoms with van der Waals surface area (Å²) in [6, 6.07) is 10.1. The first-order chi connectivity index (χ1) is 15.6. The summed E-state index contributed by atoms with van der Waals surface area (Å²) in [4.78, 5) is 26.3. The number of amides is 1. The van der Waals surface area contributed by atoms with Gasteiger partial charge in [0.15, 0.2) is 10.1 Å². The average Bonchev–Trinajstić information content (AvgIpc) is 3.19. The first-order valence-electron chi connectivity index (χ1n) is 10.4. The molecule has 1 aliphatic carbocycles. The molecule has 0 saturated carbocycles. The van der Waals surface area contributed by atoms with Crippen LogP contribution < -0.4 is 16.4 Å². The van der Waals surface area contributed by atoms with Crippen molar-refractivity contribution in [1.82, 2.24) is 10.2 Å². The standard InChI is InChI=1S/C23H24N6O2S2/c1-12-4-6-13(7-5-12)18-14(10-24)20(26)29(15-8-23(2,3)9-16(30)19(15)18)21-27-28-22(33-21)32-11-17(25)31/h4-7,18H,8-9,11,26H2,1-3H3,(H2,25,31). The Hall–Kier alpha value is -3.16. The van der Waals surface area contributed by atoms with Crippen molar-refractivity contribution >= 4 is 39.9 Å². The number of carbonyl (C=O) groups is 2. The van der Waals surface area contributed by atoms with E-state index in [4.69, 9.17) is 11.5 Å². The van der Waals surface area contributed by atoms with Crippen LogP contribution in [-0.4, -0.2) is 27.6 Å². The molecule has 1 aromatic carbocycles. The molecule has 10 heteroatoms. The normalized spacial score (nSPS) is 20.0. The molecule has 1 aromatic heterocycles. The lowest BCUT2D eigenvalue weighted by Crippen LogP contribution is -2.42. The van der Waals surface area contributed by atoms with E-state index in [0.717, 1.165) is 16.8 Å². The lowest BCUT2D eigenvalue weighted by Gasteiger charge is -2.42. The number of benzene rings is 1. The highest BCUT2D eigenvalue weighted by atomic mass is 32.2. The van der Waals surface area contributed by atoms with Crippen LogP contribution in [0.2, 0.25) is 0 Å². The number of nitrogens with zero attached hydrogens (tertiary/aromatic N) is 4. The first kappa shape index (κ1) is 23.0. The summed E-state index contributed by atoms with van der Waals surface area (Å²) in [5.74, 6) is -0.647. The number of hydrogen-bond donors (Lipinski definition) is 2. The maximum atomic E-state index is 13.5. The Morgan fingerprint density at radius 3 is 2.64 bits per heavy atom. The summed E-state index contributed by atoms with van der Waals surface area (Å²) in [5.41, 5.74) is 15.2. The SMILES string of the molecule is Cc1ccc(C2C(C#N)=C(N)N(c3nnc(SCC(N)=O)s3)C3=C2C(=O)CC(C)(C)C3)cc1. The number of aromatic nitrogens is 2. The van der Waals surface area contributed by atoms with E-state index in [1.807, 2.05) is 45.0 Å². The van der Waals surface area contributed by atoms with Gasteiger partial charge in [-0.2, -0.15) is 5.26 Å². The zero-order valence-electron chi connectivity index (χ0n) is 18.6. The molecular formula is C23H24N6O2S2. The molecule has 4 N–H and O–H groups in total. The number of primary amides is 1. The van der Waals surface area contributed by atoms with E-state index in [2.05, 4.69) is 16.3 Å². The predicted octanol–water partition coefficient (Wildman–Crippen LogP) is 3.36. The van der Waals surface area contributed by atoms with E-state index in [1.165, 1.54) is 23.1 Å². The lowest BCUT2D eigenvalue weighted by molar-refractivity contribution is -0.118. The third-order valence-electron chi connectivity index (χ3n) is 5.72. The van der Waals surface area contributed by atoms with Crippen LogP contribution >= 0.6 is 23.1 Å². The number of thioether (sulfide) groups is 1. The molecule has 4 rings (SSSR count). The predicted molar refractivity (Wildman–Crippen MR) is 128 cm³/mol. The Morgan fingerprint density at radius 1 is 1.30 bits per heavy atom. The number of Topliss-reactive ketones (excluding diaryl/α,β-unsaturated/α-hetero) is 1. The highest BCUT2D eigenvalue weighted by molar-refractivity contribution is 8.01. The number of ketones is 1. The topological polar surface area (TPSA) is 139 Å². The van der Waals surface area contributed by atoms with Crippen LogP contribution in [0.3, 0.4) is 0 Å². The lowest BCUT2D eigenvalue weighted by atomic mass is 9.68. The number of anilines is 1. The summed E-state index contributed by atoms with van der Waals surface area (Å²) in [5, 5.41) is 19.0. The number of aryl methyl sites for hydroxylation is 1. The van der Waals surface area contributed by atoms with E-state index >= 15 is 0 Å². The molecule has 1 amide bonds. The molecule has 8 nitrogen and oxygen atoms in total. The Labute approximate surface area is 200 Å². The summed E-state index contributed by atoms with van der Waals surface area (Å²) >= 11 is 2.43. The van der Waals surface area contributed by atoms with Crippen molar-refractivity contribution in [1.29, 1.82) is 5.26 Å². The quantitative estimate of drug-likeness (QED) is 0.621. The van der Waals surface area contributed by atoms with Crippen molar-refractivity contribution in [3.8, 4) is 6.07 Å². The monoisotopic (exact) mass is 480 g/mol. The van der Waals surface area contributed by atoms with Crippen LogP contribution in [0, 0.1) is 23.7 Å². The van der Waals surface area contributed by atoms with Gasteiger partial charge in [0.05, 0.1) is 23.3 Å². The van der Waals surface area contributed by atoms with Crippen molar-refractivity contribution in [2.24, 2.45) is 16.9 Å². The number of allylic oxidation sites excluding steroid dienone is 3. The third-order valence-corrected chi connectivity index (χ3v) is 7.78. The molecule has 1 aliphatic heterocycles. The summed E-state index contributed by atoms with van der Waals surface area (Å²) in [6.45, 7) is 6.08. The summed E-state index contributed by atoms with van der Waals surface area (Å²) in [6.07, 6.45) is 0.982. The van der Waals surface area contributed by atoms with Gasteiger partial charge in [-0.1, -0.05) is 66.8 Å². The van der Waals surface area contributed by atoms with Gasteiger partial charge in [-0.05, 0) is 24.3 Å². The van der Waals surface area contributed by atoms with Gasteiger partial charge in [0.2, 0.25) is 11.0 Å². The molecule has 170 valence electrons. The van der Waals surface area contributed by atoms with Crippen LogP contribution in [0.5, 0.6) is 0 Å². The minimum absolute atomic E-state index is 0.00455. The number of carbonyl (C=O) groups excluding carboxylic acids is 2. The van der Waals surface area contributed by atoms with Gasteiger partial charge in [0.25, 0.3) is 0 Å². The van der Waals surface area contributed by atoms with Gasteiger partial charge < -0.3 is 11.5 Å².